The quantitative estimate of drug-likeness (QED) is 0.319. The van der Waals surface area contributed by atoms with E-state index in [2.05, 4.69) is 43.3 Å². The standard InChI is InChI=1S/C31H34N4O2/c1-30(2)27(14-15-31(30,3)18-24(36)16-21-10-6-4-7-11-21)34-28-25(29(32)37)19-33-35-20-23(17-26(28)35)22-12-8-5-9-13-22/h4-13,17,19-20,27,34H,14-16,18H2,1-3H3,(H2,32,37)/t27-,31-/m1/s1. The summed E-state index contributed by atoms with van der Waals surface area (Å²) in [4.78, 5) is 25.5. The van der Waals surface area contributed by atoms with Crippen molar-refractivity contribution < 1.29 is 9.59 Å². The Labute approximate surface area is 217 Å². The summed E-state index contributed by atoms with van der Waals surface area (Å²) in [6.45, 7) is 6.67. The van der Waals surface area contributed by atoms with E-state index in [-0.39, 0.29) is 22.7 Å². The molecule has 37 heavy (non-hydrogen) atoms. The number of fused-ring (bicyclic) bond motifs is 1. The molecule has 0 unspecified atom stereocenters. The first-order valence-electron chi connectivity index (χ1n) is 12.9. The van der Waals surface area contributed by atoms with Gasteiger partial charge in [-0.15, -0.1) is 0 Å². The highest BCUT2D eigenvalue weighted by molar-refractivity contribution is 6.02. The largest absolute Gasteiger partial charge is 0.379 e. The minimum absolute atomic E-state index is 0.0569. The number of amides is 1. The highest BCUT2D eigenvalue weighted by atomic mass is 16.1. The number of nitrogens with two attached hydrogens (primary N) is 1. The number of hydrogen-bond donors (Lipinski definition) is 2. The Bertz CT molecular complexity index is 1440. The molecule has 4 aromatic rings. The molecule has 0 aliphatic heterocycles. The van der Waals surface area contributed by atoms with Crippen molar-refractivity contribution in [3.05, 3.63) is 90.3 Å². The van der Waals surface area contributed by atoms with Crippen molar-refractivity contribution in [2.75, 3.05) is 5.32 Å². The zero-order valence-corrected chi connectivity index (χ0v) is 21.7. The molecule has 1 aliphatic carbocycles. The zero-order valence-electron chi connectivity index (χ0n) is 21.7. The van der Waals surface area contributed by atoms with Gasteiger partial charge in [0.15, 0.2) is 0 Å². The number of anilines is 1. The van der Waals surface area contributed by atoms with Crippen molar-refractivity contribution in [2.24, 2.45) is 16.6 Å². The van der Waals surface area contributed by atoms with Gasteiger partial charge in [0.2, 0.25) is 0 Å². The molecule has 0 spiro atoms. The van der Waals surface area contributed by atoms with Crippen LogP contribution in [0.25, 0.3) is 16.6 Å². The van der Waals surface area contributed by atoms with Gasteiger partial charge >= 0.3 is 0 Å². The summed E-state index contributed by atoms with van der Waals surface area (Å²) in [6, 6.07) is 22.1. The molecule has 0 radical (unpaired) electrons. The van der Waals surface area contributed by atoms with E-state index in [1.54, 1.807) is 4.52 Å². The van der Waals surface area contributed by atoms with E-state index in [4.69, 9.17) is 5.73 Å². The van der Waals surface area contributed by atoms with Crippen LogP contribution in [0.4, 0.5) is 5.69 Å². The molecule has 0 saturated heterocycles. The van der Waals surface area contributed by atoms with Gasteiger partial charge in [0.1, 0.15) is 5.78 Å². The van der Waals surface area contributed by atoms with E-state index >= 15 is 0 Å². The third-order valence-corrected chi connectivity index (χ3v) is 8.57. The van der Waals surface area contributed by atoms with Gasteiger partial charge in [0.05, 0.1) is 23.0 Å². The number of rotatable bonds is 8. The maximum Gasteiger partial charge on any atom is 0.252 e. The summed E-state index contributed by atoms with van der Waals surface area (Å²) in [7, 11) is 0. The van der Waals surface area contributed by atoms with Crippen LogP contribution in [-0.2, 0) is 11.2 Å². The first kappa shape index (κ1) is 24.8. The van der Waals surface area contributed by atoms with Crippen LogP contribution in [0.1, 0.15) is 56.0 Å². The number of nitrogens with zero attached hydrogens (tertiary/aromatic N) is 2. The van der Waals surface area contributed by atoms with Gasteiger partial charge in [-0.25, -0.2) is 4.52 Å². The SMILES string of the molecule is CC1(C)[C@H](Nc2c(C(N)=O)cnn3cc(-c4ccccc4)cc23)CC[C@]1(C)CC(=O)Cc1ccccc1. The van der Waals surface area contributed by atoms with Crippen LogP contribution in [0.5, 0.6) is 0 Å². The fraction of sp³-hybridized carbons (Fsp3) is 0.323. The molecule has 2 aromatic carbocycles. The van der Waals surface area contributed by atoms with Crippen LogP contribution in [0.3, 0.4) is 0 Å². The maximum atomic E-state index is 13.1. The second-order valence-corrected chi connectivity index (χ2v) is 11.1. The Balaban J connectivity index is 1.44. The predicted molar refractivity (Wildman–Crippen MR) is 147 cm³/mol. The molecule has 1 fully saturated rings. The second kappa shape index (κ2) is 9.51. The Morgan fingerprint density at radius 2 is 1.70 bits per heavy atom. The normalized spacial score (nSPS) is 20.7. The lowest BCUT2D eigenvalue weighted by Crippen LogP contribution is -2.42. The number of hydrogen-bond acceptors (Lipinski definition) is 4. The van der Waals surface area contributed by atoms with Gasteiger partial charge in [-0.3, -0.25) is 9.59 Å². The predicted octanol–water partition coefficient (Wildman–Crippen LogP) is 5.91. The number of Topliss-reactive ketones (excluding diaryl/α,β-unsaturated/α-hetero) is 1. The number of aromatic nitrogens is 2. The molecule has 190 valence electrons. The van der Waals surface area contributed by atoms with Crippen molar-refractivity contribution in [2.45, 2.75) is 52.5 Å². The molecule has 0 bridgehead atoms. The molecule has 3 N–H and O–H groups in total. The third-order valence-electron chi connectivity index (χ3n) is 8.57. The molecule has 2 aromatic heterocycles. The second-order valence-electron chi connectivity index (χ2n) is 11.1. The molecule has 1 aliphatic rings. The minimum Gasteiger partial charge on any atom is -0.379 e. The van der Waals surface area contributed by atoms with Gasteiger partial charge in [-0.1, -0.05) is 81.4 Å². The molecule has 1 amide bonds. The first-order chi connectivity index (χ1) is 17.7. The zero-order chi connectivity index (χ0) is 26.2. The molecule has 1 saturated carbocycles. The number of carbonyl (C=O) groups excluding carboxylic acids is 2. The van der Waals surface area contributed by atoms with E-state index in [0.29, 0.717) is 24.1 Å². The van der Waals surface area contributed by atoms with Gasteiger partial charge in [0.25, 0.3) is 5.91 Å². The lowest BCUT2D eigenvalue weighted by Gasteiger charge is -2.42. The highest BCUT2D eigenvalue weighted by Gasteiger charge is 2.52. The summed E-state index contributed by atoms with van der Waals surface area (Å²) in [6.07, 6.45) is 6.28. The Morgan fingerprint density at radius 1 is 1.03 bits per heavy atom. The van der Waals surface area contributed by atoms with E-state index in [1.807, 2.05) is 60.8 Å². The number of benzene rings is 2. The average Bonchev–Trinajstić information content (AvgIpc) is 3.40. The molecular weight excluding hydrogens is 460 g/mol. The number of carbonyl (C=O) groups is 2. The van der Waals surface area contributed by atoms with Crippen LogP contribution in [0.15, 0.2) is 79.1 Å². The molecule has 2 atom stereocenters. The summed E-state index contributed by atoms with van der Waals surface area (Å²) < 4.78 is 1.79. The van der Waals surface area contributed by atoms with Gasteiger partial charge in [-0.2, -0.15) is 5.10 Å². The molecule has 6 heteroatoms. The van der Waals surface area contributed by atoms with Crippen molar-refractivity contribution in [3.8, 4) is 11.1 Å². The molecule has 5 rings (SSSR count). The van der Waals surface area contributed by atoms with Gasteiger partial charge in [-0.05, 0) is 40.9 Å². The summed E-state index contributed by atoms with van der Waals surface area (Å²) in [5.41, 5.74) is 10.4. The maximum absolute atomic E-state index is 13.1. The summed E-state index contributed by atoms with van der Waals surface area (Å²) in [5, 5.41) is 8.15. The number of ketones is 1. The van der Waals surface area contributed by atoms with Gasteiger partial charge in [0, 0.05) is 30.6 Å². The van der Waals surface area contributed by atoms with Crippen molar-refractivity contribution >= 4 is 22.9 Å². The van der Waals surface area contributed by atoms with Crippen LogP contribution in [0.2, 0.25) is 0 Å². The van der Waals surface area contributed by atoms with Crippen LogP contribution < -0.4 is 11.1 Å². The lowest BCUT2D eigenvalue weighted by molar-refractivity contribution is -0.122. The average molecular weight is 495 g/mol. The van der Waals surface area contributed by atoms with Crippen LogP contribution in [-0.4, -0.2) is 27.3 Å². The van der Waals surface area contributed by atoms with Crippen LogP contribution in [0, 0.1) is 10.8 Å². The van der Waals surface area contributed by atoms with Crippen molar-refractivity contribution in [1.29, 1.82) is 0 Å². The molecule has 2 heterocycles. The first-order valence-corrected chi connectivity index (χ1v) is 12.9. The fourth-order valence-corrected chi connectivity index (χ4v) is 5.81. The third kappa shape index (κ3) is 4.64. The molecular formula is C31H34N4O2. The van der Waals surface area contributed by atoms with E-state index in [0.717, 1.165) is 35.0 Å². The summed E-state index contributed by atoms with van der Waals surface area (Å²) >= 11 is 0. The number of nitrogens with one attached hydrogen (secondary N) is 1. The van der Waals surface area contributed by atoms with Crippen molar-refractivity contribution in [1.82, 2.24) is 9.61 Å². The Morgan fingerprint density at radius 3 is 2.38 bits per heavy atom. The fourth-order valence-electron chi connectivity index (χ4n) is 5.81. The highest BCUT2D eigenvalue weighted by Crippen LogP contribution is 2.55. The van der Waals surface area contributed by atoms with Crippen molar-refractivity contribution in [3.63, 3.8) is 0 Å². The Kier molecular flexibility index (Phi) is 6.36. The molecule has 6 nitrogen and oxygen atoms in total. The number of primary amides is 1. The topological polar surface area (TPSA) is 89.5 Å². The monoisotopic (exact) mass is 494 g/mol. The van der Waals surface area contributed by atoms with E-state index < -0.39 is 5.91 Å². The van der Waals surface area contributed by atoms with Gasteiger partial charge < -0.3 is 11.1 Å². The van der Waals surface area contributed by atoms with E-state index in [9.17, 15) is 9.59 Å². The minimum atomic E-state index is -0.517. The smallest absolute Gasteiger partial charge is 0.252 e. The van der Waals surface area contributed by atoms with Crippen LogP contribution >= 0.6 is 0 Å². The summed E-state index contributed by atoms with van der Waals surface area (Å²) in [5.74, 6) is -0.262. The lowest BCUT2D eigenvalue weighted by atomic mass is 9.65. The Hall–Kier alpha value is -3.93. The van der Waals surface area contributed by atoms with E-state index in [1.165, 1.54) is 6.20 Å².